The van der Waals surface area contributed by atoms with Crippen LogP contribution in [0.3, 0.4) is 0 Å². The average Bonchev–Trinajstić information content (AvgIpc) is 3.26. The SMILES string of the molecule is Cc1cccc(CSC2=NCCN2C(=O)c2cc3ccccc3o2)c1. The molecule has 5 heteroatoms. The van der Waals surface area contributed by atoms with Crippen molar-refractivity contribution < 1.29 is 9.21 Å². The van der Waals surface area contributed by atoms with Crippen molar-refractivity contribution in [2.75, 3.05) is 13.1 Å². The number of furan rings is 1. The number of amidine groups is 1. The second-order valence-electron chi connectivity index (χ2n) is 6.05. The van der Waals surface area contributed by atoms with Crippen molar-refractivity contribution in [3.63, 3.8) is 0 Å². The van der Waals surface area contributed by atoms with E-state index >= 15 is 0 Å². The zero-order valence-corrected chi connectivity index (χ0v) is 14.8. The van der Waals surface area contributed by atoms with Crippen LogP contribution < -0.4 is 0 Å². The lowest BCUT2D eigenvalue weighted by molar-refractivity contribution is 0.0833. The number of amides is 1. The molecule has 0 N–H and O–H groups in total. The predicted octanol–water partition coefficient (Wildman–Crippen LogP) is 4.49. The summed E-state index contributed by atoms with van der Waals surface area (Å²) in [6.45, 7) is 3.33. The van der Waals surface area contributed by atoms with E-state index in [4.69, 9.17) is 4.42 Å². The maximum atomic E-state index is 12.8. The molecule has 126 valence electrons. The predicted molar refractivity (Wildman–Crippen MR) is 102 cm³/mol. The number of carbonyl (C=O) groups excluding carboxylic acids is 1. The van der Waals surface area contributed by atoms with Crippen molar-refractivity contribution >= 4 is 33.8 Å². The zero-order valence-electron chi connectivity index (χ0n) is 13.9. The van der Waals surface area contributed by atoms with E-state index in [9.17, 15) is 4.79 Å². The van der Waals surface area contributed by atoms with Crippen LogP contribution in [0.1, 0.15) is 21.7 Å². The van der Waals surface area contributed by atoms with Crippen molar-refractivity contribution in [2.45, 2.75) is 12.7 Å². The summed E-state index contributed by atoms with van der Waals surface area (Å²) in [5.41, 5.74) is 3.20. The van der Waals surface area contributed by atoms with Crippen LogP contribution in [0.25, 0.3) is 11.0 Å². The molecule has 0 fully saturated rings. The summed E-state index contributed by atoms with van der Waals surface area (Å²) in [6, 6.07) is 17.9. The largest absolute Gasteiger partial charge is 0.451 e. The van der Waals surface area contributed by atoms with Crippen molar-refractivity contribution in [1.29, 1.82) is 0 Å². The number of aliphatic imine (C=N–C) groups is 1. The van der Waals surface area contributed by atoms with Gasteiger partial charge in [-0.05, 0) is 24.6 Å². The van der Waals surface area contributed by atoms with Crippen LogP contribution in [0.15, 0.2) is 64.0 Å². The smallest absolute Gasteiger partial charge is 0.295 e. The van der Waals surface area contributed by atoms with Gasteiger partial charge in [-0.2, -0.15) is 0 Å². The van der Waals surface area contributed by atoms with Gasteiger partial charge < -0.3 is 4.42 Å². The Labute approximate surface area is 150 Å². The Bertz CT molecular complexity index is 928. The summed E-state index contributed by atoms with van der Waals surface area (Å²) >= 11 is 1.60. The van der Waals surface area contributed by atoms with Gasteiger partial charge in [0.2, 0.25) is 0 Å². The summed E-state index contributed by atoms with van der Waals surface area (Å²) in [6.07, 6.45) is 0. The normalized spacial score (nSPS) is 14.1. The first kappa shape index (κ1) is 16.0. The van der Waals surface area contributed by atoms with Crippen molar-refractivity contribution in [1.82, 2.24) is 4.90 Å². The summed E-state index contributed by atoms with van der Waals surface area (Å²) < 4.78 is 5.71. The van der Waals surface area contributed by atoms with Crippen LogP contribution in [0.5, 0.6) is 0 Å². The quantitative estimate of drug-likeness (QED) is 0.699. The van der Waals surface area contributed by atoms with Gasteiger partial charge in [0.15, 0.2) is 10.9 Å². The second-order valence-corrected chi connectivity index (χ2v) is 6.99. The lowest BCUT2D eigenvalue weighted by Gasteiger charge is -2.16. The number of carbonyl (C=O) groups is 1. The van der Waals surface area contributed by atoms with Gasteiger partial charge in [0, 0.05) is 17.7 Å². The summed E-state index contributed by atoms with van der Waals surface area (Å²) in [5, 5.41) is 1.71. The zero-order chi connectivity index (χ0) is 17.2. The molecule has 0 aliphatic carbocycles. The average molecular weight is 350 g/mol. The molecule has 4 rings (SSSR count). The molecule has 0 spiro atoms. The Morgan fingerprint density at radius 2 is 2.08 bits per heavy atom. The van der Waals surface area contributed by atoms with Gasteiger partial charge >= 0.3 is 0 Å². The maximum absolute atomic E-state index is 12.8. The Hall–Kier alpha value is -2.53. The van der Waals surface area contributed by atoms with Crippen LogP contribution in [-0.4, -0.2) is 29.1 Å². The standard InChI is InChI=1S/C20H18N2O2S/c1-14-5-4-6-15(11-14)13-25-20-21-9-10-22(20)19(23)18-12-16-7-2-3-8-17(16)24-18/h2-8,11-12H,9-10,13H2,1H3. The minimum absolute atomic E-state index is 0.121. The number of hydrogen-bond donors (Lipinski definition) is 0. The highest BCUT2D eigenvalue weighted by Gasteiger charge is 2.27. The second kappa shape index (κ2) is 6.76. The first-order valence-electron chi connectivity index (χ1n) is 8.24. The van der Waals surface area contributed by atoms with Crippen LogP contribution in [0.4, 0.5) is 0 Å². The van der Waals surface area contributed by atoms with Gasteiger partial charge in [-0.15, -0.1) is 0 Å². The van der Waals surface area contributed by atoms with E-state index < -0.39 is 0 Å². The third-order valence-corrected chi connectivity index (χ3v) is 5.22. The minimum atomic E-state index is -0.121. The van der Waals surface area contributed by atoms with E-state index in [1.807, 2.05) is 24.3 Å². The summed E-state index contributed by atoms with van der Waals surface area (Å²) in [4.78, 5) is 19.0. The van der Waals surface area contributed by atoms with Crippen LogP contribution in [0.2, 0.25) is 0 Å². The Balaban J connectivity index is 1.49. The first-order valence-corrected chi connectivity index (χ1v) is 9.22. The number of nitrogens with zero attached hydrogens (tertiary/aromatic N) is 2. The molecule has 1 aromatic heterocycles. The monoisotopic (exact) mass is 350 g/mol. The fraction of sp³-hybridized carbons (Fsp3) is 0.200. The van der Waals surface area contributed by atoms with Crippen LogP contribution in [0, 0.1) is 6.92 Å². The number of thioether (sulfide) groups is 1. The molecule has 0 radical (unpaired) electrons. The van der Waals surface area contributed by atoms with E-state index in [2.05, 4.69) is 36.2 Å². The van der Waals surface area contributed by atoms with Gasteiger partial charge in [-0.3, -0.25) is 14.7 Å². The molecule has 1 aliphatic rings. The van der Waals surface area contributed by atoms with Gasteiger partial charge in [-0.1, -0.05) is 59.8 Å². The maximum Gasteiger partial charge on any atom is 0.295 e. The summed E-state index contributed by atoms with van der Waals surface area (Å²) in [7, 11) is 0. The molecule has 4 nitrogen and oxygen atoms in total. The van der Waals surface area contributed by atoms with Gasteiger partial charge in [0.25, 0.3) is 5.91 Å². The molecular formula is C20H18N2O2S. The highest BCUT2D eigenvalue weighted by molar-refractivity contribution is 8.13. The number of benzene rings is 2. The molecular weight excluding hydrogens is 332 g/mol. The molecule has 0 atom stereocenters. The highest BCUT2D eigenvalue weighted by Crippen LogP contribution is 2.24. The number of para-hydroxylation sites is 1. The van der Waals surface area contributed by atoms with E-state index in [0.717, 1.165) is 21.9 Å². The molecule has 2 heterocycles. The highest BCUT2D eigenvalue weighted by atomic mass is 32.2. The van der Waals surface area contributed by atoms with Gasteiger partial charge in [-0.25, -0.2) is 0 Å². The Morgan fingerprint density at radius 1 is 1.20 bits per heavy atom. The third-order valence-electron chi connectivity index (χ3n) is 4.13. The Morgan fingerprint density at radius 3 is 2.92 bits per heavy atom. The van der Waals surface area contributed by atoms with E-state index in [0.29, 0.717) is 18.8 Å². The first-order chi connectivity index (χ1) is 12.2. The van der Waals surface area contributed by atoms with Crippen LogP contribution >= 0.6 is 11.8 Å². The number of aryl methyl sites for hydroxylation is 1. The topological polar surface area (TPSA) is 45.8 Å². The molecule has 0 bridgehead atoms. The molecule has 0 unspecified atom stereocenters. The fourth-order valence-electron chi connectivity index (χ4n) is 2.91. The van der Waals surface area contributed by atoms with Crippen LogP contribution in [-0.2, 0) is 5.75 Å². The van der Waals surface area contributed by atoms with E-state index in [-0.39, 0.29) is 5.91 Å². The molecule has 0 saturated heterocycles. The number of rotatable bonds is 3. The molecule has 1 amide bonds. The lowest BCUT2D eigenvalue weighted by Crippen LogP contribution is -2.32. The van der Waals surface area contributed by atoms with Gasteiger partial charge in [0.1, 0.15) is 5.58 Å². The third kappa shape index (κ3) is 3.33. The molecule has 25 heavy (non-hydrogen) atoms. The van der Waals surface area contributed by atoms with E-state index in [1.54, 1.807) is 22.7 Å². The molecule has 3 aromatic rings. The van der Waals surface area contributed by atoms with Crippen molar-refractivity contribution in [3.05, 3.63) is 71.5 Å². The summed E-state index contributed by atoms with van der Waals surface area (Å²) in [5.74, 6) is 1.04. The van der Waals surface area contributed by atoms with Crippen molar-refractivity contribution in [3.8, 4) is 0 Å². The van der Waals surface area contributed by atoms with Gasteiger partial charge in [0.05, 0.1) is 6.54 Å². The molecule has 1 aliphatic heterocycles. The minimum Gasteiger partial charge on any atom is -0.451 e. The number of hydrogen-bond acceptors (Lipinski definition) is 4. The Kier molecular flexibility index (Phi) is 4.32. The molecule has 2 aromatic carbocycles. The molecule has 0 saturated carbocycles. The number of fused-ring (bicyclic) bond motifs is 1. The van der Waals surface area contributed by atoms with Crippen molar-refractivity contribution in [2.24, 2.45) is 4.99 Å². The fourth-order valence-corrected chi connectivity index (χ4v) is 3.90. The van der Waals surface area contributed by atoms with E-state index in [1.165, 1.54) is 11.1 Å². The lowest BCUT2D eigenvalue weighted by atomic mass is 10.2.